The Hall–Kier alpha value is -1.69. The summed E-state index contributed by atoms with van der Waals surface area (Å²) in [5.74, 6) is 1.00. The summed E-state index contributed by atoms with van der Waals surface area (Å²) >= 11 is 1.43. The Morgan fingerprint density at radius 3 is 3.09 bits per heavy atom. The lowest BCUT2D eigenvalue weighted by atomic mass is 9.78. The average molecular weight is 319 g/mol. The highest BCUT2D eigenvalue weighted by atomic mass is 32.1. The lowest BCUT2D eigenvalue weighted by Crippen LogP contribution is -2.45. The van der Waals surface area contributed by atoms with Gasteiger partial charge in [-0.05, 0) is 29.7 Å². The first-order valence-electron chi connectivity index (χ1n) is 7.78. The largest absolute Gasteiger partial charge is 0.352 e. The van der Waals surface area contributed by atoms with Gasteiger partial charge in [0.15, 0.2) is 0 Å². The first kappa shape index (κ1) is 15.2. The molecule has 0 radical (unpaired) electrons. The number of aromatic nitrogens is 2. The average Bonchev–Trinajstić information content (AvgIpc) is 2.96. The van der Waals surface area contributed by atoms with Crippen molar-refractivity contribution < 1.29 is 4.79 Å². The van der Waals surface area contributed by atoms with Gasteiger partial charge >= 0.3 is 0 Å². The quantitative estimate of drug-likeness (QED) is 0.945. The van der Waals surface area contributed by atoms with E-state index in [0.717, 1.165) is 17.7 Å². The van der Waals surface area contributed by atoms with Crippen molar-refractivity contribution in [1.29, 1.82) is 0 Å². The molecule has 0 unspecified atom stereocenters. The van der Waals surface area contributed by atoms with Crippen LogP contribution < -0.4 is 10.9 Å². The Kier molecular flexibility index (Phi) is 4.29. The Morgan fingerprint density at radius 1 is 1.45 bits per heavy atom. The zero-order chi connectivity index (χ0) is 15.7. The smallest absolute Gasteiger partial charge is 0.262 e. The minimum atomic E-state index is -0.147. The second kappa shape index (κ2) is 6.20. The van der Waals surface area contributed by atoms with Gasteiger partial charge < -0.3 is 5.32 Å². The van der Waals surface area contributed by atoms with Crippen molar-refractivity contribution in [2.75, 3.05) is 0 Å². The molecule has 1 fully saturated rings. The number of carbonyl (C=O) groups excluding carboxylic acids is 1. The van der Waals surface area contributed by atoms with Crippen LogP contribution in [0.1, 0.15) is 33.1 Å². The topological polar surface area (TPSA) is 64.0 Å². The molecule has 22 heavy (non-hydrogen) atoms. The van der Waals surface area contributed by atoms with Gasteiger partial charge in [-0.1, -0.05) is 26.7 Å². The molecule has 0 aromatic carbocycles. The van der Waals surface area contributed by atoms with Crippen LogP contribution in [-0.4, -0.2) is 21.5 Å². The van der Waals surface area contributed by atoms with Gasteiger partial charge in [0.25, 0.3) is 5.56 Å². The van der Waals surface area contributed by atoms with Gasteiger partial charge in [-0.3, -0.25) is 14.2 Å². The number of nitrogens with zero attached hydrogens (tertiary/aromatic N) is 2. The Bertz CT molecular complexity index is 736. The molecule has 2 aromatic rings. The van der Waals surface area contributed by atoms with E-state index in [1.807, 2.05) is 5.38 Å². The molecule has 118 valence electrons. The number of fused-ring (bicyclic) bond motifs is 1. The van der Waals surface area contributed by atoms with Crippen LogP contribution in [0.15, 0.2) is 22.6 Å². The summed E-state index contributed by atoms with van der Waals surface area (Å²) < 4.78 is 1.39. The van der Waals surface area contributed by atoms with Crippen LogP contribution >= 0.6 is 11.3 Å². The molecule has 6 heteroatoms. The van der Waals surface area contributed by atoms with E-state index in [2.05, 4.69) is 24.1 Å². The third-order valence-corrected chi connectivity index (χ3v) is 5.64. The maximum atomic E-state index is 12.3. The van der Waals surface area contributed by atoms with Gasteiger partial charge in [0.1, 0.15) is 11.4 Å². The summed E-state index contributed by atoms with van der Waals surface area (Å²) in [6.45, 7) is 4.47. The van der Waals surface area contributed by atoms with Crippen molar-refractivity contribution in [3.05, 3.63) is 28.1 Å². The first-order valence-corrected chi connectivity index (χ1v) is 8.66. The number of amides is 1. The fraction of sp³-hybridized carbons (Fsp3) is 0.562. The third kappa shape index (κ3) is 2.92. The molecule has 3 rings (SSSR count). The van der Waals surface area contributed by atoms with E-state index in [0.29, 0.717) is 17.2 Å². The van der Waals surface area contributed by atoms with Crippen molar-refractivity contribution in [2.24, 2.45) is 11.8 Å². The highest BCUT2D eigenvalue weighted by molar-refractivity contribution is 7.16. The molecule has 1 saturated carbocycles. The first-order chi connectivity index (χ1) is 10.6. The van der Waals surface area contributed by atoms with Crippen LogP contribution in [0.4, 0.5) is 0 Å². The monoisotopic (exact) mass is 319 g/mol. The molecule has 0 spiro atoms. The minimum Gasteiger partial charge on any atom is -0.352 e. The second-order valence-corrected chi connectivity index (χ2v) is 7.15. The Balaban J connectivity index is 1.70. The molecule has 2 heterocycles. The molecule has 2 aromatic heterocycles. The summed E-state index contributed by atoms with van der Waals surface area (Å²) in [6.07, 6.45) is 4.87. The fourth-order valence-corrected chi connectivity index (χ4v) is 3.92. The van der Waals surface area contributed by atoms with Crippen LogP contribution in [0.25, 0.3) is 10.2 Å². The number of thiophene rings is 1. The van der Waals surface area contributed by atoms with Crippen LogP contribution in [0.3, 0.4) is 0 Å². The van der Waals surface area contributed by atoms with E-state index >= 15 is 0 Å². The minimum absolute atomic E-state index is 0.0369. The van der Waals surface area contributed by atoms with Crippen LogP contribution in [-0.2, 0) is 11.3 Å². The fourth-order valence-electron chi connectivity index (χ4n) is 3.20. The Morgan fingerprint density at radius 2 is 2.27 bits per heavy atom. The normalized spacial score (nSPS) is 25.3. The van der Waals surface area contributed by atoms with E-state index in [9.17, 15) is 9.59 Å². The summed E-state index contributed by atoms with van der Waals surface area (Å²) in [4.78, 5) is 29.5. The summed E-state index contributed by atoms with van der Waals surface area (Å²) in [5.41, 5.74) is -0.147. The Labute approximate surface area is 133 Å². The number of nitrogens with one attached hydrogen (secondary N) is 1. The number of hydrogen-bond acceptors (Lipinski definition) is 4. The van der Waals surface area contributed by atoms with E-state index in [1.54, 1.807) is 6.07 Å². The highest BCUT2D eigenvalue weighted by Crippen LogP contribution is 2.29. The molecule has 5 nitrogen and oxygen atoms in total. The van der Waals surface area contributed by atoms with Gasteiger partial charge in [0.05, 0.1) is 11.7 Å². The standard InChI is InChI=1S/C16H21N3O2S/c1-10-4-3-5-13(11(10)2)18-14(20)8-19-9-17-15-12(16(19)21)6-7-22-15/h6-7,9-11,13H,3-5,8H2,1-2H3,(H,18,20)/t10-,11-,13-/m1/s1. The predicted molar refractivity (Wildman–Crippen MR) is 88.0 cm³/mol. The molecular formula is C16H21N3O2S. The summed E-state index contributed by atoms with van der Waals surface area (Å²) in [7, 11) is 0. The maximum Gasteiger partial charge on any atom is 0.262 e. The molecule has 1 amide bonds. The summed E-state index contributed by atoms with van der Waals surface area (Å²) in [5, 5.41) is 5.52. The third-order valence-electron chi connectivity index (χ3n) is 4.82. The number of carbonyl (C=O) groups is 1. The zero-order valence-electron chi connectivity index (χ0n) is 12.9. The van der Waals surface area contributed by atoms with Crippen molar-refractivity contribution in [3.63, 3.8) is 0 Å². The van der Waals surface area contributed by atoms with Gasteiger partial charge in [-0.25, -0.2) is 4.98 Å². The van der Waals surface area contributed by atoms with E-state index in [4.69, 9.17) is 0 Å². The van der Waals surface area contributed by atoms with Gasteiger partial charge in [0, 0.05) is 6.04 Å². The molecule has 1 aliphatic rings. The maximum absolute atomic E-state index is 12.3. The lowest BCUT2D eigenvalue weighted by molar-refractivity contribution is -0.123. The van der Waals surface area contributed by atoms with Crippen molar-refractivity contribution in [1.82, 2.24) is 14.9 Å². The molecule has 1 N–H and O–H groups in total. The number of hydrogen-bond donors (Lipinski definition) is 1. The lowest BCUT2D eigenvalue weighted by Gasteiger charge is -2.34. The molecule has 0 saturated heterocycles. The molecule has 0 bridgehead atoms. The molecule has 1 aliphatic carbocycles. The number of rotatable bonds is 3. The SMILES string of the molecule is C[C@@H]1[C@H](C)CCC[C@H]1NC(=O)Cn1cnc2sccc2c1=O. The molecular weight excluding hydrogens is 298 g/mol. The molecule has 0 aliphatic heterocycles. The highest BCUT2D eigenvalue weighted by Gasteiger charge is 2.28. The molecule has 3 atom stereocenters. The van der Waals surface area contributed by atoms with E-state index in [-0.39, 0.29) is 24.1 Å². The predicted octanol–water partition coefficient (Wildman–Crippen LogP) is 2.40. The van der Waals surface area contributed by atoms with Crippen LogP contribution in [0.5, 0.6) is 0 Å². The summed E-state index contributed by atoms with van der Waals surface area (Å²) in [6, 6.07) is 1.97. The van der Waals surface area contributed by atoms with Gasteiger partial charge in [-0.15, -0.1) is 11.3 Å². The van der Waals surface area contributed by atoms with Crippen LogP contribution in [0, 0.1) is 11.8 Å². The van der Waals surface area contributed by atoms with Crippen molar-refractivity contribution >= 4 is 27.5 Å². The van der Waals surface area contributed by atoms with Crippen LogP contribution in [0.2, 0.25) is 0 Å². The van der Waals surface area contributed by atoms with E-state index in [1.165, 1.54) is 28.7 Å². The van der Waals surface area contributed by atoms with Gasteiger partial charge in [-0.2, -0.15) is 0 Å². The van der Waals surface area contributed by atoms with Crippen molar-refractivity contribution in [3.8, 4) is 0 Å². The van der Waals surface area contributed by atoms with Gasteiger partial charge in [0.2, 0.25) is 5.91 Å². The zero-order valence-corrected chi connectivity index (χ0v) is 13.7. The van der Waals surface area contributed by atoms with Crippen molar-refractivity contribution in [2.45, 2.75) is 45.7 Å². The second-order valence-electron chi connectivity index (χ2n) is 6.26. The van der Waals surface area contributed by atoms with E-state index < -0.39 is 0 Å².